The molecule has 1 heterocycles. The molecule has 0 saturated heterocycles. The van der Waals surface area contributed by atoms with Gasteiger partial charge in [0.25, 0.3) is 0 Å². The van der Waals surface area contributed by atoms with Crippen LogP contribution in [0.1, 0.15) is 77.6 Å². The Bertz CT molecular complexity index is 245. The Labute approximate surface area is 112 Å². The quantitative estimate of drug-likeness (QED) is 0.458. The molecule has 1 atom stereocenters. The summed E-state index contributed by atoms with van der Waals surface area (Å²) in [6.45, 7) is 2.02. The Morgan fingerprint density at radius 2 is 1.56 bits per heavy atom. The van der Waals surface area contributed by atoms with Gasteiger partial charge in [0.2, 0.25) is 0 Å². The van der Waals surface area contributed by atoms with Crippen LogP contribution in [-0.4, -0.2) is 12.1 Å². The maximum Gasteiger partial charge on any atom is 0.306 e. The van der Waals surface area contributed by atoms with E-state index in [1.165, 1.54) is 38.5 Å². The van der Waals surface area contributed by atoms with Crippen LogP contribution in [-0.2, 0) is 9.53 Å². The summed E-state index contributed by atoms with van der Waals surface area (Å²) in [6, 6.07) is 0. The molecule has 0 N–H and O–H groups in total. The smallest absolute Gasteiger partial charge is 0.306 e. The van der Waals surface area contributed by atoms with E-state index in [1.807, 2.05) is 6.92 Å². The molecule has 18 heavy (non-hydrogen) atoms. The molecule has 0 amide bonds. The van der Waals surface area contributed by atoms with Gasteiger partial charge in [-0.25, -0.2) is 0 Å². The second-order valence-corrected chi connectivity index (χ2v) is 5.36. The standard InChI is InChI=1S/C16H28O2/c1-15-13-11-9-7-5-3-2-4-6-8-10-12-14-16(17)18-15/h4,6,15H,2-3,5,7-14H2,1H3. The molecule has 0 aromatic rings. The molecule has 0 aromatic carbocycles. The molecular weight excluding hydrogens is 224 g/mol. The second-order valence-electron chi connectivity index (χ2n) is 5.36. The molecule has 1 rings (SSSR count). The SMILES string of the molecule is CC1CCCCCCCC=CCCCCC(=O)O1. The van der Waals surface area contributed by atoms with E-state index < -0.39 is 0 Å². The van der Waals surface area contributed by atoms with Crippen molar-refractivity contribution in [2.24, 2.45) is 0 Å². The Morgan fingerprint density at radius 3 is 2.33 bits per heavy atom. The zero-order valence-electron chi connectivity index (χ0n) is 11.8. The molecule has 104 valence electrons. The summed E-state index contributed by atoms with van der Waals surface area (Å²) in [5.41, 5.74) is 0. The number of carbonyl (C=O) groups is 1. The number of carbonyl (C=O) groups excluding carboxylic acids is 1. The number of ether oxygens (including phenoxy) is 1. The lowest BCUT2D eigenvalue weighted by Gasteiger charge is -2.13. The predicted octanol–water partition coefficient (Wildman–Crippen LogP) is 4.78. The molecule has 0 saturated carbocycles. The second kappa shape index (κ2) is 10.2. The summed E-state index contributed by atoms with van der Waals surface area (Å²) in [7, 11) is 0. The Kier molecular flexibility index (Phi) is 8.62. The third-order valence-corrected chi connectivity index (χ3v) is 3.48. The molecule has 0 bridgehead atoms. The Balaban J connectivity index is 2.28. The monoisotopic (exact) mass is 252 g/mol. The molecule has 0 radical (unpaired) electrons. The highest BCUT2D eigenvalue weighted by molar-refractivity contribution is 5.69. The summed E-state index contributed by atoms with van der Waals surface area (Å²) < 4.78 is 5.39. The van der Waals surface area contributed by atoms with Gasteiger partial charge in [-0.3, -0.25) is 4.79 Å². The zero-order valence-corrected chi connectivity index (χ0v) is 11.8. The minimum atomic E-state index is -0.0152. The van der Waals surface area contributed by atoms with Gasteiger partial charge in [-0.05, 0) is 51.9 Å². The van der Waals surface area contributed by atoms with Crippen molar-refractivity contribution in [3.8, 4) is 0 Å². The van der Waals surface area contributed by atoms with Crippen LogP contribution in [0, 0.1) is 0 Å². The third-order valence-electron chi connectivity index (χ3n) is 3.48. The van der Waals surface area contributed by atoms with E-state index in [0.717, 1.165) is 25.7 Å². The first kappa shape index (κ1) is 15.3. The highest BCUT2D eigenvalue weighted by atomic mass is 16.5. The first-order valence-corrected chi connectivity index (χ1v) is 7.63. The van der Waals surface area contributed by atoms with E-state index in [9.17, 15) is 4.79 Å². The molecule has 2 nitrogen and oxygen atoms in total. The first-order chi connectivity index (χ1) is 8.79. The summed E-state index contributed by atoms with van der Waals surface area (Å²) in [4.78, 5) is 11.5. The zero-order chi connectivity index (χ0) is 13.1. The minimum Gasteiger partial charge on any atom is -0.463 e. The molecular formula is C16H28O2. The Morgan fingerprint density at radius 1 is 0.944 bits per heavy atom. The third kappa shape index (κ3) is 8.32. The molecule has 1 aliphatic heterocycles. The number of allylic oxidation sites excluding steroid dienone is 2. The van der Waals surface area contributed by atoms with Gasteiger partial charge >= 0.3 is 5.97 Å². The number of rotatable bonds is 0. The van der Waals surface area contributed by atoms with Gasteiger partial charge in [0, 0.05) is 6.42 Å². The molecule has 0 aromatic heterocycles. The fourth-order valence-electron chi connectivity index (χ4n) is 2.33. The fraction of sp³-hybridized carbons (Fsp3) is 0.812. The van der Waals surface area contributed by atoms with Gasteiger partial charge in [-0.15, -0.1) is 0 Å². The van der Waals surface area contributed by atoms with Gasteiger partial charge in [-0.2, -0.15) is 0 Å². The lowest BCUT2D eigenvalue weighted by molar-refractivity contribution is -0.148. The van der Waals surface area contributed by atoms with Crippen molar-refractivity contribution in [3.05, 3.63) is 12.2 Å². The molecule has 0 fully saturated rings. The van der Waals surface area contributed by atoms with Crippen molar-refractivity contribution < 1.29 is 9.53 Å². The van der Waals surface area contributed by atoms with Crippen LogP contribution in [0.15, 0.2) is 12.2 Å². The van der Waals surface area contributed by atoms with Crippen LogP contribution in [0.4, 0.5) is 0 Å². The number of cyclic esters (lactones) is 1. The number of hydrogen-bond donors (Lipinski definition) is 0. The van der Waals surface area contributed by atoms with Crippen LogP contribution < -0.4 is 0 Å². The lowest BCUT2D eigenvalue weighted by atomic mass is 10.1. The van der Waals surface area contributed by atoms with Gasteiger partial charge in [0.05, 0.1) is 6.10 Å². The topological polar surface area (TPSA) is 26.3 Å². The average molecular weight is 252 g/mol. The van der Waals surface area contributed by atoms with Gasteiger partial charge in [0.1, 0.15) is 0 Å². The normalized spacial score (nSPS) is 25.6. The summed E-state index contributed by atoms with van der Waals surface area (Å²) in [5, 5.41) is 0. The summed E-state index contributed by atoms with van der Waals surface area (Å²) in [5.74, 6) is -0.0152. The van der Waals surface area contributed by atoms with Crippen LogP contribution in [0.2, 0.25) is 0 Å². The predicted molar refractivity (Wildman–Crippen MR) is 75.5 cm³/mol. The Hall–Kier alpha value is -0.790. The van der Waals surface area contributed by atoms with Crippen molar-refractivity contribution in [1.29, 1.82) is 0 Å². The number of esters is 1. The maximum absolute atomic E-state index is 11.5. The van der Waals surface area contributed by atoms with Crippen molar-refractivity contribution in [2.45, 2.75) is 83.7 Å². The average Bonchev–Trinajstić information content (AvgIpc) is 2.33. The van der Waals surface area contributed by atoms with E-state index >= 15 is 0 Å². The van der Waals surface area contributed by atoms with Gasteiger partial charge < -0.3 is 4.74 Å². The lowest BCUT2D eigenvalue weighted by Crippen LogP contribution is -2.14. The molecule has 0 aliphatic carbocycles. The summed E-state index contributed by atoms with van der Waals surface area (Å²) >= 11 is 0. The van der Waals surface area contributed by atoms with Crippen LogP contribution in [0.3, 0.4) is 0 Å². The minimum absolute atomic E-state index is 0.0152. The van der Waals surface area contributed by atoms with E-state index in [0.29, 0.717) is 6.42 Å². The van der Waals surface area contributed by atoms with Crippen molar-refractivity contribution in [2.75, 3.05) is 0 Å². The summed E-state index contributed by atoms with van der Waals surface area (Å²) in [6.07, 6.45) is 17.1. The van der Waals surface area contributed by atoms with E-state index in [1.54, 1.807) is 0 Å². The van der Waals surface area contributed by atoms with Gasteiger partial charge in [-0.1, -0.05) is 31.4 Å². The fourth-order valence-corrected chi connectivity index (χ4v) is 2.33. The van der Waals surface area contributed by atoms with Crippen molar-refractivity contribution in [3.63, 3.8) is 0 Å². The molecule has 1 aliphatic rings. The van der Waals surface area contributed by atoms with E-state index in [-0.39, 0.29) is 12.1 Å². The molecule has 0 spiro atoms. The van der Waals surface area contributed by atoms with Gasteiger partial charge in [0.15, 0.2) is 0 Å². The van der Waals surface area contributed by atoms with Crippen LogP contribution >= 0.6 is 0 Å². The van der Waals surface area contributed by atoms with Crippen LogP contribution in [0.5, 0.6) is 0 Å². The molecule has 1 unspecified atom stereocenters. The van der Waals surface area contributed by atoms with E-state index in [4.69, 9.17) is 4.74 Å². The van der Waals surface area contributed by atoms with E-state index in [2.05, 4.69) is 12.2 Å². The highest BCUT2D eigenvalue weighted by Gasteiger charge is 2.08. The first-order valence-electron chi connectivity index (χ1n) is 7.63. The van der Waals surface area contributed by atoms with Crippen molar-refractivity contribution in [1.82, 2.24) is 0 Å². The molecule has 2 heteroatoms. The number of hydrogen-bond acceptors (Lipinski definition) is 2. The highest BCUT2D eigenvalue weighted by Crippen LogP contribution is 2.12. The van der Waals surface area contributed by atoms with Crippen molar-refractivity contribution >= 4 is 5.97 Å². The largest absolute Gasteiger partial charge is 0.463 e. The maximum atomic E-state index is 11.5. The van der Waals surface area contributed by atoms with Crippen LogP contribution in [0.25, 0.3) is 0 Å².